The third-order valence-electron chi connectivity index (χ3n) is 0.891. The largest absolute Gasteiger partial charge is 0.369 e. The first-order valence-electron chi connectivity index (χ1n) is 3.12. The molecule has 0 aliphatic rings. The van der Waals surface area contributed by atoms with E-state index >= 15 is 0 Å². The van der Waals surface area contributed by atoms with Gasteiger partial charge in [0.15, 0.2) is 0 Å². The van der Waals surface area contributed by atoms with Gasteiger partial charge in [-0.1, -0.05) is 0 Å². The van der Waals surface area contributed by atoms with Crippen LogP contribution in [0.4, 0.5) is 0 Å². The molecule has 0 spiro atoms. The Balaban J connectivity index is 4.22. The Bertz CT molecular complexity index is 206. The summed E-state index contributed by atoms with van der Waals surface area (Å²) in [7, 11) is 0. The number of carbonyl (C=O) groups excluding carboxylic acids is 1. The number of amides is 1. The van der Waals surface area contributed by atoms with Crippen LogP contribution in [0.3, 0.4) is 0 Å². The van der Waals surface area contributed by atoms with Gasteiger partial charge >= 0.3 is 0 Å². The highest BCUT2D eigenvalue weighted by atomic mass is 16.1. The molecule has 0 unspecified atom stereocenters. The van der Waals surface area contributed by atoms with Crippen LogP contribution in [0.25, 0.3) is 0 Å². The summed E-state index contributed by atoms with van der Waals surface area (Å²) in [6.45, 7) is 4.99. The van der Waals surface area contributed by atoms with Crippen molar-refractivity contribution in [2.45, 2.75) is 13.3 Å². The summed E-state index contributed by atoms with van der Waals surface area (Å²) in [5.41, 5.74) is 5.46. The molecule has 2 N–H and O–H groups in total. The van der Waals surface area contributed by atoms with Gasteiger partial charge in [-0.2, -0.15) is 0 Å². The second-order valence-electron chi connectivity index (χ2n) is 1.83. The van der Waals surface area contributed by atoms with Crippen molar-refractivity contribution in [1.82, 2.24) is 0 Å². The fraction of sp³-hybridized carbons (Fsp3) is 0.286. The predicted molar refractivity (Wildman–Crippen MR) is 45.6 cm³/mol. The molecule has 0 saturated heterocycles. The molecule has 60 valence electrons. The molecule has 0 atom stereocenters. The van der Waals surface area contributed by atoms with Gasteiger partial charge in [0, 0.05) is 12.4 Å². The molecule has 4 nitrogen and oxygen atoms in total. The van der Waals surface area contributed by atoms with E-state index < -0.39 is 5.91 Å². The Morgan fingerprint density at radius 3 is 2.73 bits per heavy atom. The molecule has 0 rings (SSSR count). The number of carbonyl (C=O) groups is 1. The van der Waals surface area contributed by atoms with Gasteiger partial charge < -0.3 is 5.73 Å². The van der Waals surface area contributed by atoms with Gasteiger partial charge in [-0.05, 0) is 13.6 Å². The van der Waals surface area contributed by atoms with Gasteiger partial charge in [0.05, 0.1) is 12.1 Å². The average molecular weight is 153 g/mol. The number of hydrogen-bond donors (Lipinski definition) is 1. The Morgan fingerprint density at radius 2 is 2.36 bits per heavy atom. The number of rotatable bonds is 4. The van der Waals surface area contributed by atoms with E-state index in [0.29, 0.717) is 5.70 Å². The standard InChI is InChI=1S/C7H11N3O/c1-3-10-6(5-9-2)4-7(8)11/h3,5H,2,4H2,1H3,(H2,8,11)/b6-5-,10-3?. The summed E-state index contributed by atoms with van der Waals surface area (Å²) >= 11 is 0. The maximum atomic E-state index is 10.4. The van der Waals surface area contributed by atoms with Gasteiger partial charge in [0.25, 0.3) is 0 Å². The van der Waals surface area contributed by atoms with E-state index in [9.17, 15) is 4.79 Å². The highest BCUT2D eigenvalue weighted by molar-refractivity contribution is 5.77. The zero-order valence-corrected chi connectivity index (χ0v) is 6.45. The third kappa shape index (κ3) is 5.02. The van der Waals surface area contributed by atoms with Crippen molar-refractivity contribution in [2.24, 2.45) is 15.7 Å². The summed E-state index contributed by atoms with van der Waals surface area (Å²) in [6.07, 6.45) is 3.08. The lowest BCUT2D eigenvalue weighted by Crippen LogP contribution is -2.10. The summed E-state index contributed by atoms with van der Waals surface area (Å²) in [5.74, 6) is -0.425. The van der Waals surface area contributed by atoms with Crippen molar-refractivity contribution in [3.8, 4) is 0 Å². The monoisotopic (exact) mass is 153 g/mol. The molecule has 0 aliphatic carbocycles. The quantitative estimate of drug-likeness (QED) is 0.587. The van der Waals surface area contributed by atoms with Crippen LogP contribution in [-0.4, -0.2) is 18.8 Å². The molecule has 0 fully saturated rings. The van der Waals surface area contributed by atoms with Crippen LogP contribution in [0, 0.1) is 0 Å². The van der Waals surface area contributed by atoms with E-state index in [1.165, 1.54) is 6.20 Å². The lowest BCUT2D eigenvalue weighted by atomic mass is 10.3. The van der Waals surface area contributed by atoms with Crippen molar-refractivity contribution in [3.05, 3.63) is 11.9 Å². The number of primary amides is 1. The van der Waals surface area contributed by atoms with Crippen LogP contribution in [0.5, 0.6) is 0 Å². The Morgan fingerprint density at radius 1 is 1.73 bits per heavy atom. The molecule has 1 amide bonds. The van der Waals surface area contributed by atoms with Crippen LogP contribution >= 0.6 is 0 Å². The SMILES string of the molecule is C=N/C=C(/CC(N)=O)N=CC. The van der Waals surface area contributed by atoms with Gasteiger partial charge in [0.1, 0.15) is 0 Å². The molecule has 4 heteroatoms. The van der Waals surface area contributed by atoms with Gasteiger partial charge in [-0.25, -0.2) is 0 Å². The second kappa shape index (κ2) is 5.34. The smallest absolute Gasteiger partial charge is 0.223 e. The minimum absolute atomic E-state index is 0.101. The maximum absolute atomic E-state index is 10.4. The van der Waals surface area contributed by atoms with Crippen LogP contribution < -0.4 is 5.73 Å². The van der Waals surface area contributed by atoms with E-state index in [1.807, 2.05) is 0 Å². The molecule has 0 aromatic heterocycles. The van der Waals surface area contributed by atoms with E-state index in [2.05, 4.69) is 16.7 Å². The molecule has 0 bridgehead atoms. The lowest BCUT2D eigenvalue weighted by molar-refractivity contribution is -0.117. The Labute approximate surface area is 65.5 Å². The fourth-order valence-corrected chi connectivity index (χ4v) is 0.574. The van der Waals surface area contributed by atoms with Crippen LogP contribution in [0.2, 0.25) is 0 Å². The zero-order chi connectivity index (χ0) is 8.69. The van der Waals surface area contributed by atoms with Crippen LogP contribution in [0.15, 0.2) is 21.9 Å². The molecule has 0 saturated carbocycles. The Kier molecular flexibility index (Phi) is 4.64. The van der Waals surface area contributed by atoms with Gasteiger partial charge in [0.2, 0.25) is 5.91 Å². The first-order chi connectivity index (χ1) is 5.20. The highest BCUT2D eigenvalue weighted by Crippen LogP contribution is 2.01. The molecular weight excluding hydrogens is 142 g/mol. The van der Waals surface area contributed by atoms with Crippen molar-refractivity contribution < 1.29 is 4.79 Å². The van der Waals surface area contributed by atoms with Crippen molar-refractivity contribution in [1.29, 1.82) is 0 Å². The van der Waals surface area contributed by atoms with Gasteiger partial charge in [-0.15, -0.1) is 0 Å². The van der Waals surface area contributed by atoms with Crippen molar-refractivity contribution >= 4 is 18.8 Å². The predicted octanol–water partition coefficient (Wildman–Crippen LogP) is 0.495. The molecule has 0 heterocycles. The normalized spacial score (nSPS) is 11.9. The summed E-state index contributed by atoms with van der Waals surface area (Å²) in [4.78, 5) is 17.7. The first kappa shape index (κ1) is 9.55. The highest BCUT2D eigenvalue weighted by Gasteiger charge is 1.97. The lowest BCUT2D eigenvalue weighted by Gasteiger charge is -1.93. The number of nitrogens with two attached hydrogens (primary N) is 1. The summed E-state index contributed by atoms with van der Waals surface area (Å²) in [5, 5.41) is 0. The molecule has 0 aromatic rings. The van der Waals surface area contributed by atoms with E-state index in [4.69, 9.17) is 5.73 Å². The fourth-order valence-electron chi connectivity index (χ4n) is 0.574. The average Bonchev–Trinajstić information content (AvgIpc) is 1.87. The van der Waals surface area contributed by atoms with E-state index in [0.717, 1.165) is 0 Å². The van der Waals surface area contributed by atoms with E-state index in [-0.39, 0.29) is 6.42 Å². The van der Waals surface area contributed by atoms with Crippen LogP contribution in [-0.2, 0) is 4.79 Å². The van der Waals surface area contributed by atoms with Gasteiger partial charge in [-0.3, -0.25) is 14.8 Å². The third-order valence-corrected chi connectivity index (χ3v) is 0.891. The minimum atomic E-state index is -0.425. The summed E-state index contributed by atoms with van der Waals surface area (Å²) in [6, 6.07) is 0. The maximum Gasteiger partial charge on any atom is 0.223 e. The number of aliphatic imine (C=N–C) groups is 2. The molecule has 0 aromatic carbocycles. The van der Waals surface area contributed by atoms with Crippen molar-refractivity contribution in [2.75, 3.05) is 0 Å². The number of hydrogen-bond acceptors (Lipinski definition) is 3. The zero-order valence-electron chi connectivity index (χ0n) is 6.45. The molecule has 0 aliphatic heterocycles. The number of nitrogens with zero attached hydrogens (tertiary/aromatic N) is 2. The summed E-state index contributed by atoms with van der Waals surface area (Å²) < 4.78 is 0. The second-order valence-corrected chi connectivity index (χ2v) is 1.83. The first-order valence-corrected chi connectivity index (χ1v) is 3.12. The topological polar surface area (TPSA) is 67.8 Å². The molecule has 11 heavy (non-hydrogen) atoms. The van der Waals surface area contributed by atoms with Crippen LogP contribution in [0.1, 0.15) is 13.3 Å². The molecular formula is C7H11N3O. The van der Waals surface area contributed by atoms with Crippen molar-refractivity contribution in [3.63, 3.8) is 0 Å². The van der Waals surface area contributed by atoms with E-state index in [1.54, 1.807) is 13.1 Å². The molecule has 0 radical (unpaired) electrons. The Hall–Kier alpha value is -1.45. The minimum Gasteiger partial charge on any atom is -0.369 e.